The van der Waals surface area contributed by atoms with E-state index >= 15 is 0 Å². The summed E-state index contributed by atoms with van der Waals surface area (Å²) in [4.78, 5) is 20.0. The zero-order valence-electron chi connectivity index (χ0n) is 18.6. The standard InChI is InChI=1S/C24H25F3N6O/c25-24(26,27)34-18-6-11-29-19(13-18)30-20-14-21(32-22(31-20)17-5-4-10-28-15-17)33-12-9-23(16-33)7-2-1-3-8-23/h4-6,10-11,13-15H,1-3,7-9,12,16H2,(H,29,30,31,32). The van der Waals surface area contributed by atoms with E-state index in [1.807, 2.05) is 18.2 Å². The van der Waals surface area contributed by atoms with Crippen molar-refractivity contribution in [1.82, 2.24) is 19.9 Å². The number of rotatable bonds is 5. The number of pyridine rings is 2. The van der Waals surface area contributed by atoms with Gasteiger partial charge in [0.05, 0.1) is 0 Å². The molecular formula is C24H25F3N6O. The van der Waals surface area contributed by atoms with Crippen LogP contribution in [-0.4, -0.2) is 39.4 Å². The van der Waals surface area contributed by atoms with E-state index in [0.717, 1.165) is 37.0 Å². The molecule has 1 N–H and O–H groups in total. The number of anilines is 3. The van der Waals surface area contributed by atoms with Gasteiger partial charge in [-0.1, -0.05) is 19.3 Å². The first-order valence-electron chi connectivity index (χ1n) is 11.4. The molecule has 3 aromatic heterocycles. The number of nitrogens with one attached hydrogen (secondary N) is 1. The van der Waals surface area contributed by atoms with Crippen molar-refractivity contribution in [1.29, 1.82) is 0 Å². The molecule has 0 radical (unpaired) electrons. The fourth-order valence-electron chi connectivity index (χ4n) is 4.93. The lowest BCUT2D eigenvalue weighted by molar-refractivity contribution is -0.274. The molecule has 178 valence electrons. The van der Waals surface area contributed by atoms with Gasteiger partial charge in [-0.05, 0) is 42.9 Å². The van der Waals surface area contributed by atoms with Crippen molar-refractivity contribution in [3.05, 3.63) is 48.9 Å². The van der Waals surface area contributed by atoms with Crippen LogP contribution >= 0.6 is 0 Å². The molecule has 0 amide bonds. The van der Waals surface area contributed by atoms with Gasteiger partial charge in [-0.2, -0.15) is 0 Å². The van der Waals surface area contributed by atoms with Crippen molar-refractivity contribution < 1.29 is 17.9 Å². The van der Waals surface area contributed by atoms with Gasteiger partial charge in [0.15, 0.2) is 5.82 Å². The first-order valence-corrected chi connectivity index (χ1v) is 11.4. The van der Waals surface area contributed by atoms with E-state index in [-0.39, 0.29) is 11.6 Å². The predicted octanol–water partition coefficient (Wildman–Crippen LogP) is 5.74. The van der Waals surface area contributed by atoms with Crippen molar-refractivity contribution in [2.45, 2.75) is 44.9 Å². The van der Waals surface area contributed by atoms with Crippen molar-refractivity contribution in [3.8, 4) is 17.1 Å². The van der Waals surface area contributed by atoms with E-state index in [2.05, 4.69) is 29.9 Å². The lowest BCUT2D eigenvalue weighted by atomic mass is 9.73. The summed E-state index contributed by atoms with van der Waals surface area (Å²) < 4.78 is 41.9. The average molecular weight is 470 g/mol. The molecule has 10 heteroatoms. The molecule has 1 aliphatic carbocycles. The van der Waals surface area contributed by atoms with Crippen LogP contribution in [0.15, 0.2) is 48.9 Å². The molecule has 5 rings (SSSR count). The molecule has 4 heterocycles. The Labute approximate surface area is 195 Å². The van der Waals surface area contributed by atoms with Gasteiger partial charge in [0.25, 0.3) is 0 Å². The third-order valence-corrected chi connectivity index (χ3v) is 6.53. The molecular weight excluding hydrogens is 445 g/mol. The molecule has 3 aromatic rings. The second kappa shape index (κ2) is 9.08. The first-order chi connectivity index (χ1) is 16.4. The number of hydrogen-bond donors (Lipinski definition) is 1. The normalized spacial score (nSPS) is 17.7. The summed E-state index contributed by atoms with van der Waals surface area (Å²) in [5.74, 6) is 1.53. The molecule has 0 bridgehead atoms. The van der Waals surface area contributed by atoms with Crippen LogP contribution in [0.5, 0.6) is 5.75 Å². The highest BCUT2D eigenvalue weighted by molar-refractivity contribution is 5.64. The Bertz CT molecular complexity index is 1140. The monoisotopic (exact) mass is 470 g/mol. The summed E-state index contributed by atoms with van der Waals surface area (Å²) in [6.45, 7) is 1.86. The molecule has 7 nitrogen and oxygen atoms in total. The average Bonchev–Trinajstić information content (AvgIpc) is 3.22. The maximum atomic E-state index is 12.6. The zero-order chi connectivity index (χ0) is 23.6. The zero-order valence-corrected chi connectivity index (χ0v) is 18.6. The highest BCUT2D eigenvalue weighted by atomic mass is 19.4. The third kappa shape index (κ3) is 5.21. The molecule has 0 unspecified atom stereocenters. The Balaban J connectivity index is 1.45. The van der Waals surface area contributed by atoms with Crippen LogP contribution < -0.4 is 15.0 Å². The smallest absolute Gasteiger partial charge is 0.406 e. The van der Waals surface area contributed by atoms with E-state index in [1.54, 1.807) is 12.4 Å². The van der Waals surface area contributed by atoms with E-state index in [4.69, 9.17) is 4.98 Å². The van der Waals surface area contributed by atoms with Gasteiger partial charge in [-0.25, -0.2) is 15.0 Å². The van der Waals surface area contributed by atoms with E-state index in [1.165, 1.54) is 44.4 Å². The van der Waals surface area contributed by atoms with Gasteiger partial charge < -0.3 is 15.0 Å². The maximum Gasteiger partial charge on any atom is 0.573 e. The lowest BCUT2D eigenvalue weighted by Crippen LogP contribution is -2.29. The molecule has 0 aromatic carbocycles. The van der Waals surface area contributed by atoms with Gasteiger partial charge in [0.1, 0.15) is 23.2 Å². The Morgan fingerprint density at radius 3 is 2.59 bits per heavy atom. The third-order valence-electron chi connectivity index (χ3n) is 6.53. The molecule has 0 atom stereocenters. The summed E-state index contributed by atoms with van der Waals surface area (Å²) in [6.07, 6.45) is 7.30. The quantitative estimate of drug-likeness (QED) is 0.510. The Morgan fingerprint density at radius 1 is 0.971 bits per heavy atom. The molecule has 2 fully saturated rings. The fraction of sp³-hybridized carbons (Fsp3) is 0.417. The number of ether oxygens (including phenoxy) is 1. The highest BCUT2D eigenvalue weighted by Crippen LogP contribution is 2.45. The van der Waals surface area contributed by atoms with E-state index < -0.39 is 6.36 Å². The summed E-state index contributed by atoms with van der Waals surface area (Å²) in [7, 11) is 0. The topological polar surface area (TPSA) is 76.1 Å². The van der Waals surface area contributed by atoms with Gasteiger partial charge in [0, 0.05) is 49.4 Å². The Hall–Kier alpha value is -3.43. The van der Waals surface area contributed by atoms with Crippen LogP contribution in [0.2, 0.25) is 0 Å². The van der Waals surface area contributed by atoms with Gasteiger partial charge >= 0.3 is 6.36 Å². The molecule has 1 saturated carbocycles. The Kier molecular flexibility index (Phi) is 5.97. The second-order valence-corrected chi connectivity index (χ2v) is 8.96. The number of alkyl halides is 3. The number of hydrogen-bond acceptors (Lipinski definition) is 7. The van der Waals surface area contributed by atoms with Gasteiger partial charge in [0.2, 0.25) is 0 Å². The first kappa shape index (κ1) is 22.4. The van der Waals surface area contributed by atoms with Crippen molar-refractivity contribution in [3.63, 3.8) is 0 Å². The number of halogens is 3. The van der Waals surface area contributed by atoms with Crippen molar-refractivity contribution in [2.75, 3.05) is 23.3 Å². The maximum absolute atomic E-state index is 12.6. The number of nitrogens with zero attached hydrogens (tertiary/aromatic N) is 5. The van der Waals surface area contributed by atoms with Crippen LogP contribution in [-0.2, 0) is 0 Å². The molecule has 1 saturated heterocycles. The minimum atomic E-state index is -4.78. The number of aromatic nitrogens is 4. The molecule has 2 aliphatic rings. The van der Waals surface area contributed by atoms with Gasteiger partial charge in [-0.15, -0.1) is 13.2 Å². The Morgan fingerprint density at radius 2 is 1.82 bits per heavy atom. The molecule has 34 heavy (non-hydrogen) atoms. The lowest BCUT2D eigenvalue weighted by Gasteiger charge is -2.33. The van der Waals surface area contributed by atoms with E-state index in [0.29, 0.717) is 17.1 Å². The van der Waals surface area contributed by atoms with E-state index in [9.17, 15) is 13.2 Å². The van der Waals surface area contributed by atoms with Crippen LogP contribution in [0.3, 0.4) is 0 Å². The van der Waals surface area contributed by atoms with Crippen LogP contribution in [0, 0.1) is 5.41 Å². The summed E-state index contributed by atoms with van der Waals surface area (Å²) >= 11 is 0. The largest absolute Gasteiger partial charge is 0.573 e. The summed E-state index contributed by atoms with van der Waals surface area (Å²) in [5.41, 5.74) is 1.09. The van der Waals surface area contributed by atoms with Crippen LogP contribution in [0.4, 0.5) is 30.6 Å². The second-order valence-electron chi connectivity index (χ2n) is 8.96. The fourth-order valence-corrected chi connectivity index (χ4v) is 4.93. The van der Waals surface area contributed by atoms with Gasteiger partial charge in [-0.3, -0.25) is 4.98 Å². The summed E-state index contributed by atoms with van der Waals surface area (Å²) in [6, 6.07) is 7.84. The minimum Gasteiger partial charge on any atom is -0.406 e. The summed E-state index contributed by atoms with van der Waals surface area (Å²) in [5, 5.41) is 3.02. The van der Waals surface area contributed by atoms with Crippen LogP contribution in [0.1, 0.15) is 38.5 Å². The SMILES string of the molecule is FC(F)(F)Oc1ccnc(Nc2cc(N3CCC4(CCCCC4)C3)nc(-c3cccnc3)n2)c1. The van der Waals surface area contributed by atoms with Crippen molar-refractivity contribution in [2.24, 2.45) is 5.41 Å². The van der Waals surface area contributed by atoms with Crippen LogP contribution in [0.25, 0.3) is 11.4 Å². The van der Waals surface area contributed by atoms with Crippen molar-refractivity contribution >= 4 is 17.5 Å². The highest BCUT2D eigenvalue weighted by Gasteiger charge is 2.39. The predicted molar refractivity (Wildman–Crippen MR) is 122 cm³/mol. The molecule has 1 spiro atoms. The molecule has 1 aliphatic heterocycles. The minimum absolute atomic E-state index is 0.189.